The van der Waals surface area contributed by atoms with Gasteiger partial charge in [-0.15, -0.1) is 0 Å². The summed E-state index contributed by atoms with van der Waals surface area (Å²) in [6.45, 7) is 7.30. The SMILES string of the molecule is C/C=C/CCNC(C)c1cn(C)nc1C. The van der Waals surface area contributed by atoms with E-state index < -0.39 is 0 Å². The number of hydrogen-bond donors (Lipinski definition) is 1. The molecule has 0 aliphatic carbocycles. The molecule has 3 nitrogen and oxygen atoms in total. The first-order valence-corrected chi connectivity index (χ1v) is 5.49. The summed E-state index contributed by atoms with van der Waals surface area (Å²) in [6, 6.07) is 0.379. The maximum atomic E-state index is 4.34. The first-order chi connectivity index (χ1) is 7.15. The average Bonchev–Trinajstić information content (AvgIpc) is 2.52. The molecule has 0 amide bonds. The van der Waals surface area contributed by atoms with E-state index in [0.717, 1.165) is 18.7 Å². The minimum absolute atomic E-state index is 0.379. The zero-order valence-corrected chi connectivity index (χ0v) is 10.1. The van der Waals surface area contributed by atoms with Crippen LogP contribution in [-0.2, 0) is 7.05 Å². The van der Waals surface area contributed by atoms with Crippen molar-refractivity contribution in [2.24, 2.45) is 7.05 Å². The molecule has 0 saturated carbocycles. The summed E-state index contributed by atoms with van der Waals surface area (Å²) >= 11 is 0. The molecule has 15 heavy (non-hydrogen) atoms. The Labute approximate surface area is 92.2 Å². The summed E-state index contributed by atoms with van der Waals surface area (Å²) in [5, 5.41) is 7.82. The van der Waals surface area contributed by atoms with Crippen molar-refractivity contribution < 1.29 is 0 Å². The second-order valence-electron chi connectivity index (χ2n) is 3.88. The van der Waals surface area contributed by atoms with Crippen LogP contribution in [0.5, 0.6) is 0 Å². The van der Waals surface area contributed by atoms with Gasteiger partial charge in [0.2, 0.25) is 0 Å². The van der Waals surface area contributed by atoms with Gasteiger partial charge in [0.25, 0.3) is 0 Å². The smallest absolute Gasteiger partial charge is 0.0641 e. The average molecular weight is 207 g/mol. The first-order valence-electron chi connectivity index (χ1n) is 5.49. The predicted molar refractivity (Wildman–Crippen MR) is 63.8 cm³/mol. The predicted octanol–water partition coefficient (Wildman–Crippen LogP) is 2.35. The quantitative estimate of drug-likeness (QED) is 0.593. The minimum Gasteiger partial charge on any atom is -0.310 e. The van der Waals surface area contributed by atoms with Crippen LogP contribution in [0.4, 0.5) is 0 Å². The summed E-state index contributed by atoms with van der Waals surface area (Å²) in [7, 11) is 1.96. The summed E-state index contributed by atoms with van der Waals surface area (Å²) in [6.07, 6.45) is 7.43. The van der Waals surface area contributed by atoms with Crippen molar-refractivity contribution in [2.75, 3.05) is 6.54 Å². The molecule has 0 fully saturated rings. The van der Waals surface area contributed by atoms with Crippen LogP contribution in [-0.4, -0.2) is 16.3 Å². The zero-order chi connectivity index (χ0) is 11.3. The Morgan fingerprint density at radius 2 is 2.33 bits per heavy atom. The molecule has 0 saturated heterocycles. The van der Waals surface area contributed by atoms with Gasteiger partial charge in [0.05, 0.1) is 5.69 Å². The van der Waals surface area contributed by atoms with Gasteiger partial charge < -0.3 is 5.32 Å². The van der Waals surface area contributed by atoms with Crippen LogP contribution in [0.1, 0.15) is 37.6 Å². The van der Waals surface area contributed by atoms with E-state index in [0.29, 0.717) is 6.04 Å². The Balaban J connectivity index is 2.46. The van der Waals surface area contributed by atoms with Crippen LogP contribution in [0.25, 0.3) is 0 Å². The van der Waals surface area contributed by atoms with Gasteiger partial charge >= 0.3 is 0 Å². The highest BCUT2D eigenvalue weighted by atomic mass is 15.3. The summed E-state index contributed by atoms with van der Waals surface area (Å²) in [4.78, 5) is 0. The first kappa shape index (κ1) is 12.0. The molecular formula is C12H21N3. The molecule has 0 aliphatic rings. The van der Waals surface area contributed by atoms with E-state index in [9.17, 15) is 0 Å². The van der Waals surface area contributed by atoms with Crippen LogP contribution >= 0.6 is 0 Å². The van der Waals surface area contributed by atoms with Crippen molar-refractivity contribution in [3.63, 3.8) is 0 Å². The maximum absolute atomic E-state index is 4.34. The monoisotopic (exact) mass is 207 g/mol. The summed E-state index contributed by atoms with van der Waals surface area (Å²) < 4.78 is 1.87. The lowest BCUT2D eigenvalue weighted by molar-refractivity contribution is 0.578. The Hall–Kier alpha value is -1.09. The lowest BCUT2D eigenvalue weighted by Gasteiger charge is -2.11. The second kappa shape index (κ2) is 5.71. The van der Waals surface area contributed by atoms with Crippen molar-refractivity contribution in [1.29, 1.82) is 0 Å². The molecule has 1 N–H and O–H groups in total. The van der Waals surface area contributed by atoms with Crippen molar-refractivity contribution in [1.82, 2.24) is 15.1 Å². The lowest BCUT2D eigenvalue weighted by Crippen LogP contribution is -2.19. The number of aromatic nitrogens is 2. The summed E-state index contributed by atoms with van der Waals surface area (Å²) in [5.41, 5.74) is 2.40. The van der Waals surface area contributed by atoms with Crippen LogP contribution < -0.4 is 5.32 Å². The molecule has 3 heteroatoms. The summed E-state index contributed by atoms with van der Waals surface area (Å²) in [5.74, 6) is 0. The van der Waals surface area contributed by atoms with Gasteiger partial charge in [0, 0.05) is 24.8 Å². The minimum atomic E-state index is 0.379. The maximum Gasteiger partial charge on any atom is 0.0641 e. The molecule has 0 aromatic carbocycles. The molecular weight excluding hydrogens is 186 g/mol. The third-order valence-corrected chi connectivity index (χ3v) is 2.52. The molecule has 0 aliphatic heterocycles. The van der Waals surface area contributed by atoms with Crippen molar-refractivity contribution in [3.05, 3.63) is 29.6 Å². The van der Waals surface area contributed by atoms with E-state index in [1.807, 2.05) is 11.7 Å². The van der Waals surface area contributed by atoms with E-state index in [1.54, 1.807) is 0 Å². The van der Waals surface area contributed by atoms with Gasteiger partial charge in [0.1, 0.15) is 0 Å². The number of nitrogens with one attached hydrogen (secondary N) is 1. The van der Waals surface area contributed by atoms with Crippen LogP contribution in [0, 0.1) is 6.92 Å². The fraction of sp³-hybridized carbons (Fsp3) is 0.583. The molecule has 0 radical (unpaired) electrons. The van der Waals surface area contributed by atoms with E-state index in [4.69, 9.17) is 0 Å². The molecule has 1 rings (SSSR count). The Morgan fingerprint density at radius 3 is 2.87 bits per heavy atom. The van der Waals surface area contributed by atoms with E-state index in [2.05, 4.69) is 49.5 Å². The molecule has 0 spiro atoms. The molecule has 1 heterocycles. The normalized spacial score (nSPS) is 13.6. The van der Waals surface area contributed by atoms with E-state index in [-0.39, 0.29) is 0 Å². The Morgan fingerprint density at radius 1 is 1.60 bits per heavy atom. The van der Waals surface area contributed by atoms with E-state index in [1.165, 1.54) is 5.56 Å². The fourth-order valence-electron chi connectivity index (χ4n) is 1.70. The number of hydrogen-bond acceptors (Lipinski definition) is 2. The number of allylic oxidation sites excluding steroid dienone is 1. The van der Waals surface area contributed by atoms with Crippen molar-refractivity contribution in [3.8, 4) is 0 Å². The van der Waals surface area contributed by atoms with Crippen LogP contribution in [0.3, 0.4) is 0 Å². The van der Waals surface area contributed by atoms with Gasteiger partial charge in [-0.05, 0) is 33.7 Å². The molecule has 0 bridgehead atoms. The van der Waals surface area contributed by atoms with Crippen molar-refractivity contribution in [2.45, 2.75) is 33.2 Å². The Kier molecular flexibility index (Phi) is 4.56. The highest BCUT2D eigenvalue weighted by Crippen LogP contribution is 2.14. The topological polar surface area (TPSA) is 29.9 Å². The van der Waals surface area contributed by atoms with Gasteiger partial charge in [-0.2, -0.15) is 5.10 Å². The standard InChI is InChI=1S/C12H21N3/c1-5-6-7-8-13-10(2)12-9-15(4)14-11(12)3/h5-6,9-10,13H,7-8H2,1-4H3/b6-5+. The zero-order valence-electron chi connectivity index (χ0n) is 10.1. The highest BCUT2D eigenvalue weighted by Gasteiger charge is 2.09. The third kappa shape index (κ3) is 3.51. The lowest BCUT2D eigenvalue weighted by atomic mass is 10.1. The molecule has 84 valence electrons. The van der Waals surface area contributed by atoms with Crippen molar-refractivity contribution >= 4 is 0 Å². The second-order valence-corrected chi connectivity index (χ2v) is 3.88. The van der Waals surface area contributed by atoms with Gasteiger partial charge in [-0.1, -0.05) is 12.2 Å². The highest BCUT2D eigenvalue weighted by molar-refractivity contribution is 5.19. The molecule has 1 aromatic rings. The third-order valence-electron chi connectivity index (χ3n) is 2.52. The van der Waals surface area contributed by atoms with Crippen LogP contribution in [0.15, 0.2) is 18.3 Å². The number of rotatable bonds is 5. The molecule has 1 unspecified atom stereocenters. The van der Waals surface area contributed by atoms with Gasteiger partial charge in [0.15, 0.2) is 0 Å². The number of nitrogens with zero attached hydrogens (tertiary/aromatic N) is 2. The fourth-order valence-corrected chi connectivity index (χ4v) is 1.70. The van der Waals surface area contributed by atoms with Gasteiger partial charge in [-0.25, -0.2) is 0 Å². The van der Waals surface area contributed by atoms with Crippen LogP contribution in [0.2, 0.25) is 0 Å². The molecule has 1 aromatic heterocycles. The molecule has 1 atom stereocenters. The van der Waals surface area contributed by atoms with E-state index >= 15 is 0 Å². The number of aryl methyl sites for hydroxylation is 2. The largest absolute Gasteiger partial charge is 0.310 e. The van der Waals surface area contributed by atoms with Gasteiger partial charge in [-0.3, -0.25) is 4.68 Å². The Bertz CT molecular complexity index is 326.